The maximum absolute atomic E-state index is 6.57. The summed E-state index contributed by atoms with van der Waals surface area (Å²) in [5, 5.41) is 7.07. The third-order valence-electron chi connectivity index (χ3n) is 13.4. The van der Waals surface area contributed by atoms with Crippen LogP contribution in [0.5, 0.6) is 0 Å². The van der Waals surface area contributed by atoms with E-state index in [9.17, 15) is 0 Å². The molecule has 0 atom stereocenters. The molecule has 3 nitrogen and oxygen atoms in total. The Hall–Kier alpha value is -8.92. The van der Waals surface area contributed by atoms with Crippen LogP contribution >= 0.6 is 0 Å². The minimum Gasteiger partial charge on any atom is -0.455 e. The minimum absolute atomic E-state index is 0.892. The summed E-state index contributed by atoms with van der Waals surface area (Å²) in [6, 6.07) is 91.8. The molecule has 13 aromatic rings. The number of hydrogen-bond acceptors (Lipinski definition) is 2. The average molecular weight is 855 g/mol. The second-order valence-corrected chi connectivity index (χ2v) is 17.3. The summed E-state index contributed by atoms with van der Waals surface area (Å²) in [6.07, 6.45) is 0. The Balaban J connectivity index is 0.906. The summed E-state index contributed by atoms with van der Waals surface area (Å²) < 4.78 is 8.98. The first-order valence-corrected chi connectivity index (χ1v) is 22.9. The molecule has 2 heterocycles. The van der Waals surface area contributed by atoms with Gasteiger partial charge in [0.05, 0.1) is 16.7 Å². The molecule has 0 saturated heterocycles. The molecule has 0 unspecified atom stereocenters. The standard InChI is InChI=1S/C64H42N2O/c1-2-14-43(15-3-1)48-17-12-18-49(42-48)44-28-35-50(36-29-44)65(52-39-32-47(33-40-52)54-23-13-27-62-63(54)58-41-34-45-16-4-5-20-55(45)64(58)67-62)51-37-30-46(31-38-51)53-19-6-9-24-59(53)66-60-25-10-7-21-56(60)57-22-8-11-26-61(57)66/h1-42H. The normalized spacial score (nSPS) is 11.6. The van der Waals surface area contributed by atoms with Gasteiger partial charge in [-0.05, 0) is 117 Å². The van der Waals surface area contributed by atoms with Crippen LogP contribution in [-0.4, -0.2) is 4.57 Å². The molecule has 2 aromatic heterocycles. The van der Waals surface area contributed by atoms with Crippen LogP contribution in [0.25, 0.3) is 105 Å². The van der Waals surface area contributed by atoms with Crippen molar-refractivity contribution < 1.29 is 4.42 Å². The summed E-state index contributed by atoms with van der Waals surface area (Å²) in [5.41, 5.74) is 18.0. The fourth-order valence-electron chi connectivity index (χ4n) is 10.2. The molecule has 0 aliphatic rings. The summed E-state index contributed by atoms with van der Waals surface area (Å²) in [5.74, 6) is 0. The Kier molecular flexibility index (Phi) is 9.17. The molecule has 0 amide bonds. The predicted octanol–water partition coefficient (Wildman–Crippen LogP) is 18.0. The Bertz CT molecular complexity index is 3900. The molecule has 0 aliphatic carbocycles. The number of anilines is 3. The Morgan fingerprint density at radius 3 is 1.48 bits per heavy atom. The lowest BCUT2D eigenvalue weighted by molar-refractivity contribution is 0.673. The van der Waals surface area contributed by atoms with Gasteiger partial charge in [0.2, 0.25) is 0 Å². The third kappa shape index (κ3) is 6.59. The number of para-hydroxylation sites is 3. The van der Waals surface area contributed by atoms with Crippen molar-refractivity contribution in [2.45, 2.75) is 0 Å². The molecule has 0 N–H and O–H groups in total. The molecule has 67 heavy (non-hydrogen) atoms. The number of nitrogens with zero attached hydrogens (tertiary/aromatic N) is 2. The Labute approximate surface area is 388 Å². The fraction of sp³-hybridized carbons (Fsp3) is 0. The molecular formula is C64H42N2O. The average Bonchev–Trinajstić information content (AvgIpc) is 3.96. The van der Waals surface area contributed by atoms with Gasteiger partial charge in [0, 0.05) is 49.6 Å². The van der Waals surface area contributed by atoms with Crippen molar-refractivity contribution in [2.75, 3.05) is 4.90 Å². The molecule has 0 saturated carbocycles. The second kappa shape index (κ2) is 16.0. The van der Waals surface area contributed by atoms with Gasteiger partial charge in [-0.15, -0.1) is 0 Å². The van der Waals surface area contributed by atoms with Crippen molar-refractivity contribution in [3.8, 4) is 50.2 Å². The van der Waals surface area contributed by atoms with Gasteiger partial charge in [-0.1, -0.05) is 182 Å². The quantitative estimate of drug-likeness (QED) is 0.152. The molecule has 11 aromatic carbocycles. The number of fused-ring (bicyclic) bond motifs is 8. The van der Waals surface area contributed by atoms with Crippen LogP contribution in [-0.2, 0) is 0 Å². The van der Waals surface area contributed by atoms with E-state index < -0.39 is 0 Å². The number of rotatable bonds is 8. The lowest BCUT2D eigenvalue weighted by atomic mass is 9.97. The maximum atomic E-state index is 6.57. The molecule has 0 bridgehead atoms. The van der Waals surface area contributed by atoms with Crippen molar-refractivity contribution in [2.24, 2.45) is 0 Å². The van der Waals surface area contributed by atoms with E-state index in [2.05, 4.69) is 264 Å². The van der Waals surface area contributed by atoms with Crippen LogP contribution in [0.3, 0.4) is 0 Å². The van der Waals surface area contributed by atoms with Gasteiger partial charge in [-0.2, -0.15) is 0 Å². The number of benzene rings is 11. The molecular weight excluding hydrogens is 813 g/mol. The van der Waals surface area contributed by atoms with Gasteiger partial charge in [0.1, 0.15) is 11.2 Å². The van der Waals surface area contributed by atoms with E-state index in [-0.39, 0.29) is 0 Å². The molecule has 0 fully saturated rings. The third-order valence-corrected chi connectivity index (χ3v) is 13.4. The van der Waals surface area contributed by atoms with Gasteiger partial charge < -0.3 is 13.9 Å². The van der Waals surface area contributed by atoms with E-state index >= 15 is 0 Å². The zero-order valence-electron chi connectivity index (χ0n) is 36.6. The summed E-state index contributed by atoms with van der Waals surface area (Å²) in [4.78, 5) is 2.36. The van der Waals surface area contributed by atoms with Crippen molar-refractivity contribution in [3.63, 3.8) is 0 Å². The van der Waals surface area contributed by atoms with E-state index in [1.54, 1.807) is 0 Å². The highest BCUT2D eigenvalue weighted by atomic mass is 16.3. The first-order chi connectivity index (χ1) is 33.2. The number of furan rings is 1. The van der Waals surface area contributed by atoms with E-state index in [1.807, 2.05) is 0 Å². The maximum Gasteiger partial charge on any atom is 0.143 e. The van der Waals surface area contributed by atoms with E-state index in [0.717, 1.165) is 66.8 Å². The lowest BCUT2D eigenvalue weighted by Gasteiger charge is -2.26. The largest absolute Gasteiger partial charge is 0.455 e. The molecule has 0 aliphatic heterocycles. The lowest BCUT2D eigenvalue weighted by Crippen LogP contribution is -2.09. The number of aromatic nitrogens is 1. The van der Waals surface area contributed by atoms with E-state index in [0.29, 0.717) is 0 Å². The van der Waals surface area contributed by atoms with Crippen molar-refractivity contribution >= 4 is 71.6 Å². The molecule has 13 rings (SSSR count). The fourth-order valence-corrected chi connectivity index (χ4v) is 10.2. The number of hydrogen-bond donors (Lipinski definition) is 0. The van der Waals surface area contributed by atoms with Crippen LogP contribution in [0, 0.1) is 0 Å². The van der Waals surface area contributed by atoms with Gasteiger partial charge in [-0.3, -0.25) is 0 Å². The SMILES string of the molecule is c1ccc(-c2cccc(-c3ccc(N(c4ccc(-c5ccccc5-n5c6ccccc6c6ccccc65)cc4)c4ccc(-c5cccc6oc7c8ccccc8ccc7c56)cc4)cc3)c2)cc1. The van der Waals surface area contributed by atoms with Gasteiger partial charge >= 0.3 is 0 Å². The zero-order valence-corrected chi connectivity index (χ0v) is 36.6. The van der Waals surface area contributed by atoms with Gasteiger partial charge in [0.25, 0.3) is 0 Å². The zero-order chi connectivity index (χ0) is 44.3. The van der Waals surface area contributed by atoms with Crippen molar-refractivity contribution in [3.05, 3.63) is 255 Å². The summed E-state index contributed by atoms with van der Waals surface area (Å²) >= 11 is 0. The second-order valence-electron chi connectivity index (χ2n) is 17.3. The van der Waals surface area contributed by atoms with E-state index in [4.69, 9.17) is 4.42 Å². The van der Waals surface area contributed by atoms with Crippen molar-refractivity contribution in [1.29, 1.82) is 0 Å². The topological polar surface area (TPSA) is 21.3 Å². The first-order valence-electron chi connectivity index (χ1n) is 22.9. The highest BCUT2D eigenvalue weighted by Gasteiger charge is 2.19. The van der Waals surface area contributed by atoms with Gasteiger partial charge in [-0.25, -0.2) is 0 Å². The predicted molar refractivity (Wildman–Crippen MR) is 282 cm³/mol. The highest BCUT2D eigenvalue weighted by molar-refractivity contribution is 6.19. The van der Waals surface area contributed by atoms with Crippen LogP contribution in [0.2, 0.25) is 0 Å². The summed E-state index contributed by atoms with van der Waals surface area (Å²) in [6.45, 7) is 0. The Morgan fingerprint density at radius 2 is 0.806 bits per heavy atom. The van der Waals surface area contributed by atoms with Crippen molar-refractivity contribution in [1.82, 2.24) is 4.57 Å². The molecule has 0 radical (unpaired) electrons. The highest BCUT2D eigenvalue weighted by Crippen LogP contribution is 2.43. The van der Waals surface area contributed by atoms with Crippen LogP contribution in [0.1, 0.15) is 0 Å². The van der Waals surface area contributed by atoms with Crippen LogP contribution in [0.4, 0.5) is 17.1 Å². The van der Waals surface area contributed by atoms with Gasteiger partial charge in [0.15, 0.2) is 0 Å². The van der Waals surface area contributed by atoms with Crippen LogP contribution < -0.4 is 4.90 Å². The monoisotopic (exact) mass is 854 g/mol. The minimum atomic E-state index is 0.892. The Morgan fingerprint density at radius 1 is 0.313 bits per heavy atom. The van der Waals surface area contributed by atoms with E-state index in [1.165, 1.54) is 55.0 Å². The molecule has 314 valence electrons. The summed E-state index contributed by atoms with van der Waals surface area (Å²) in [7, 11) is 0. The first kappa shape index (κ1) is 38.5. The molecule has 3 heteroatoms. The smallest absolute Gasteiger partial charge is 0.143 e. The van der Waals surface area contributed by atoms with Crippen LogP contribution in [0.15, 0.2) is 259 Å². The molecule has 0 spiro atoms.